The van der Waals surface area contributed by atoms with E-state index >= 15 is 0 Å². The summed E-state index contributed by atoms with van der Waals surface area (Å²) in [6, 6.07) is 4.06. The lowest BCUT2D eigenvalue weighted by atomic mass is 10.0. The first-order valence-corrected chi connectivity index (χ1v) is 7.16. The Morgan fingerprint density at radius 3 is 2.55 bits per heavy atom. The molecule has 0 radical (unpaired) electrons. The maximum atomic E-state index is 11.9. The van der Waals surface area contributed by atoms with Crippen molar-refractivity contribution in [2.45, 2.75) is 33.2 Å². The molecule has 1 unspecified atom stereocenters. The van der Waals surface area contributed by atoms with E-state index in [2.05, 4.69) is 26.6 Å². The minimum Gasteiger partial charge on any atom is -0.480 e. The van der Waals surface area contributed by atoms with Gasteiger partial charge in [-0.15, -0.1) is 0 Å². The van der Waals surface area contributed by atoms with Crippen molar-refractivity contribution in [1.82, 2.24) is 5.32 Å². The highest BCUT2D eigenvalue weighted by Gasteiger charge is 2.21. The summed E-state index contributed by atoms with van der Waals surface area (Å²) in [6.07, 6.45) is 0.387. The van der Waals surface area contributed by atoms with E-state index in [0.717, 1.165) is 10.0 Å². The van der Waals surface area contributed by atoms with Crippen LogP contribution in [0.25, 0.3) is 0 Å². The number of benzene rings is 1. The van der Waals surface area contributed by atoms with Gasteiger partial charge in [-0.25, -0.2) is 9.59 Å². The van der Waals surface area contributed by atoms with Crippen LogP contribution in [0.5, 0.6) is 0 Å². The van der Waals surface area contributed by atoms with E-state index in [1.807, 2.05) is 32.9 Å². The number of halogens is 1. The third-order valence-electron chi connectivity index (χ3n) is 2.75. The number of carbonyl (C=O) groups is 2. The lowest BCUT2D eigenvalue weighted by Gasteiger charge is -2.17. The molecule has 3 N–H and O–H groups in total. The summed E-state index contributed by atoms with van der Waals surface area (Å²) >= 11 is 3.39. The van der Waals surface area contributed by atoms with Gasteiger partial charge in [-0.05, 0) is 46.8 Å². The zero-order chi connectivity index (χ0) is 15.3. The number of nitrogens with one attached hydrogen (secondary N) is 2. The average Bonchev–Trinajstić information content (AvgIpc) is 2.33. The van der Waals surface area contributed by atoms with Gasteiger partial charge >= 0.3 is 12.0 Å². The zero-order valence-corrected chi connectivity index (χ0v) is 13.3. The fourth-order valence-electron chi connectivity index (χ4n) is 1.75. The fourth-order valence-corrected chi connectivity index (χ4v) is 2.12. The van der Waals surface area contributed by atoms with Crippen molar-refractivity contribution in [3.8, 4) is 0 Å². The van der Waals surface area contributed by atoms with Crippen molar-refractivity contribution < 1.29 is 14.7 Å². The van der Waals surface area contributed by atoms with Crippen molar-refractivity contribution in [1.29, 1.82) is 0 Å². The van der Waals surface area contributed by atoms with E-state index in [0.29, 0.717) is 12.1 Å². The van der Waals surface area contributed by atoms with Crippen LogP contribution in [0.2, 0.25) is 0 Å². The minimum atomic E-state index is -1.03. The maximum absolute atomic E-state index is 11.9. The van der Waals surface area contributed by atoms with E-state index in [9.17, 15) is 9.59 Å². The number of carbonyl (C=O) groups excluding carboxylic acids is 1. The molecule has 0 aromatic heterocycles. The van der Waals surface area contributed by atoms with Gasteiger partial charge in [-0.2, -0.15) is 0 Å². The van der Waals surface area contributed by atoms with Crippen LogP contribution < -0.4 is 10.6 Å². The molecular formula is C14H19BrN2O3. The maximum Gasteiger partial charge on any atom is 0.326 e. The number of carboxylic acids is 1. The zero-order valence-electron chi connectivity index (χ0n) is 11.7. The number of aryl methyl sites for hydroxylation is 1. The molecule has 0 saturated carbocycles. The van der Waals surface area contributed by atoms with Crippen molar-refractivity contribution in [3.63, 3.8) is 0 Å². The van der Waals surface area contributed by atoms with Crippen LogP contribution >= 0.6 is 15.9 Å². The highest BCUT2D eigenvalue weighted by Crippen LogP contribution is 2.25. The number of amides is 2. The van der Waals surface area contributed by atoms with Crippen LogP contribution in [-0.2, 0) is 4.79 Å². The van der Waals surface area contributed by atoms with Gasteiger partial charge < -0.3 is 15.7 Å². The Hall–Kier alpha value is -1.56. The van der Waals surface area contributed by atoms with Gasteiger partial charge in [-0.3, -0.25) is 0 Å². The highest BCUT2D eigenvalue weighted by atomic mass is 79.9. The summed E-state index contributed by atoms with van der Waals surface area (Å²) in [6.45, 7) is 5.73. The molecule has 0 aliphatic rings. The van der Waals surface area contributed by atoms with Gasteiger partial charge in [0.25, 0.3) is 0 Å². The number of rotatable bonds is 5. The lowest BCUT2D eigenvalue weighted by molar-refractivity contribution is -0.139. The molecule has 1 rings (SSSR count). The van der Waals surface area contributed by atoms with Crippen molar-refractivity contribution in [3.05, 3.63) is 28.2 Å². The normalized spacial score (nSPS) is 12.1. The molecule has 0 aliphatic carbocycles. The molecule has 110 valence electrons. The third-order valence-corrected chi connectivity index (χ3v) is 3.80. The topological polar surface area (TPSA) is 78.4 Å². The van der Waals surface area contributed by atoms with Crippen LogP contribution in [0.15, 0.2) is 22.7 Å². The molecule has 0 spiro atoms. The fraction of sp³-hybridized carbons (Fsp3) is 0.429. The molecule has 1 aromatic carbocycles. The van der Waals surface area contributed by atoms with E-state index in [-0.39, 0.29) is 5.92 Å². The molecule has 0 bridgehead atoms. The number of hydrogen-bond acceptors (Lipinski definition) is 2. The molecule has 0 heterocycles. The third kappa shape index (κ3) is 4.85. The van der Waals surface area contributed by atoms with Crippen LogP contribution in [-0.4, -0.2) is 23.1 Å². The molecule has 5 nitrogen and oxygen atoms in total. The number of hydrogen-bond donors (Lipinski definition) is 3. The summed E-state index contributed by atoms with van der Waals surface area (Å²) < 4.78 is 0.783. The minimum absolute atomic E-state index is 0.183. The molecule has 1 atom stereocenters. The highest BCUT2D eigenvalue weighted by molar-refractivity contribution is 9.10. The molecule has 20 heavy (non-hydrogen) atoms. The summed E-state index contributed by atoms with van der Waals surface area (Å²) in [5.74, 6) is -0.848. The molecule has 2 amide bonds. The monoisotopic (exact) mass is 342 g/mol. The average molecular weight is 343 g/mol. The van der Waals surface area contributed by atoms with Gasteiger partial charge in [-0.1, -0.05) is 26.0 Å². The second-order valence-corrected chi connectivity index (χ2v) is 5.85. The predicted octanol–water partition coefficient (Wildman–Crippen LogP) is 3.38. The Morgan fingerprint density at radius 1 is 1.35 bits per heavy atom. The summed E-state index contributed by atoms with van der Waals surface area (Å²) in [5, 5.41) is 14.2. The number of anilines is 1. The second-order valence-electron chi connectivity index (χ2n) is 5.06. The number of urea groups is 1. The summed E-state index contributed by atoms with van der Waals surface area (Å²) in [7, 11) is 0. The second kappa shape index (κ2) is 7.28. The Bertz CT molecular complexity index is 503. The van der Waals surface area contributed by atoms with Crippen LogP contribution in [0, 0.1) is 12.8 Å². The first-order chi connectivity index (χ1) is 9.31. The molecular weight excluding hydrogens is 324 g/mol. The smallest absolute Gasteiger partial charge is 0.326 e. The standard InChI is InChI=1S/C14H19BrN2O3/c1-8(2)7-11(13(18)19)17-14(20)16-10-6-4-5-9(3)12(10)15/h4-6,8,11H,7H2,1-3H3,(H,18,19)(H2,16,17,20). The van der Waals surface area contributed by atoms with Crippen molar-refractivity contribution >= 4 is 33.6 Å². The van der Waals surface area contributed by atoms with Gasteiger partial charge in [0.1, 0.15) is 6.04 Å². The van der Waals surface area contributed by atoms with Gasteiger partial charge in [0.05, 0.1) is 5.69 Å². The Balaban J connectivity index is 2.71. The molecule has 1 aromatic rings. The van der Waals surface area contributed by atoms with Crippen molar-refractivity contribution in [2.75, 3.05) is 5.32 Å². The van der Waals surface area contributed by atoms with Crippen LogP contribution in [0.4, 0.5) is 10.5 Å². The van der Waals surface area contributed by atoms with Gasteiger partial charge in [0.2, 0.25) is 0 Å². The van der Waals surface area contributed by atoms with Crippen molar-refractivity contribution in [2.24, 2.45) is 5.92 Å². The Morgan fingerprint density at radius 2 is 2.00 bits per heavy atom. The van der Waals surface area contributed by atoms with E-state index < -0.39 is 18.0 Å². The lowest BCUT2D eigenvalue weighted by Crippen LogP contribution is -2.43. The molecule has 0 aliphatic heterocycles. The summed E-state index contributed by atoms with van der Waals surface area (Å²) in [5.41, 5.74) is 1.59. The van der Waals surface area contributed by atoms with E-state index in [4.69, 9.17) is 5.11 Å². The summed E-state index contributed by atoms with van der Waals surface area (Å²) in [4.78, 5) is 23.0. The SMILES string of the molecule is Cc1cccc(NC(=O)NC(CC(C)C)C(=O)O)c1Br. The molecule has 6 heteroatoms. The quantitative estimate of drug-likeness (QED) is 0.767. The Labute approximate surface area is 126 Å². The van der Waals surface area contributed by atoms with Gasteiger partial charge in [0, 0.05) is 4.47 Å². The van der Waals surface area contributed by atoms with Crippen LogP contribution in [0.3, 0.4) is 0 Å². The Kier molecular flexibility index (Phi) is 6.01. The number of aliphatic carboxylic acids is 1. The first-order valence-electron chi connectivity index (χ1n) is 6.36. The van der Waals surface area contributed by atoms with Crippen LogP contribution in [0.1, 0.15) is 25.8 Å². The van der Waals surface area contributed by atoms with E-state index in [1.165, 1.54) is 0 Å². The largest absolute Gasteiger partial charge is 0.480 e. The predicted molar refractivity (Wildman–Crippen MR) is 81.9 cm³/mol. The number of carboxylic acid groups (broad SMARTS) is 1. The molecule has 0 saturated heterocycles. The van der Waals surface area contributed by atoms with E-state index in [1.54, 1.807) is 6.07 Å². The molecule has 0 fully saturated rings. The van der Waals surface area contributed by atoms with Gasteiger partial charge in [0.15, 0.2) is 0 Å². The first kappa shape index (κ1) is 16.5.